The summed E-state index contributed by atoms with van der Waals surface area (Å²) in [6.07, 6.45) is -0.634. The third-order valence-corrected chi connectivity index (χ3v) is 1.38. The van der Waals surface area contributed by atoms with Crippen LogP contribution in [0.15, 0.2) is 0 Å². The smallest absolute Gasteiger partial charge is 0.187 e. The van der Waals surface area contributed by atoms with Crippen molar-refractivity contribution in [3.8, 4) is 0 Å². The molecule has 0 aromatic rings. The zero-order chi connectivity index (χ0) is 6.85. The highest BCUT2D eigenvalue weighted by Gasteiger charge is 2.24. The Morgan fingerprint density at radius 1 is 1.78 bits per heavy atom. The molecule has 0 aliphatic carbocycles. The van der Waals surface area contributed by atoms with E-state index in [0.29, 0.717) is 12.8 Å². The van der Waals surface area contributed by atoms with Gasteiger partial charge in [0.2, 0.25) is 0 Å². The molecule has 1 rings (SSSR count). The van der Waals surface area contributed by atoms with Crippen molar-refractivity contribution in [1.29, 1.82) is 0 Å². The van der Waals surface area contributed by atoms with Gasteiger partial charge < -0.3 is 5.11 Å². The maximum Gasteiger partial charge on any atom is 0.187 e. The zero-order valence-corrected chi connectivity index (χ0v) is 5.66. The van der Waals surface area contributed by atoms with Crippen molar-refractivity contribution < 1.29 is 9.94 Å². The summed E-state index contributed by atoms with van der Waals surface area (Å²) in [6, 6.07) is 0.315. The summed E-state index contributed by atoms with van der Waals surface area (Å²) in [5, 5.41) is 9.05. The maximum atomic E-state index is 9.05. The lowest BCUT2D eigenvalue weighted by molar-refractivity contribution is -0.00834. The monoisotopic (exact) mass is 132 g/mol. The second-order valence-electron chi connectivity index (χ2n) is 2.37. The summed E-state index contributed by atoms with van der Waals surface area (Å²) in [4.78, 5) is 6.55. The van der Waals surface area contributed by atoms with Crippen LogP contribution < -0.4 is 5.48 Å². The van der Waals surface area contributed by atoms with Crippen molar-refractivity contribution >= 4 is 0 Å². The van der Waals surface area contributed by atoms with Gasteiger partial charge in [0.15, 0.2) is 6.35 Å². The summed E-state index contributed by atoms with van der Waals surface area (Å²) < 4.78 is 0. The van der Waals surface area contributed by atoms with Gasteiger partial charge in [-0.2, -0.15) is 5.48 Å². The molecule has 4 heteroatoms. The van der Waals surface area contributed by atoms with Crippen LogP contribution in [-0.4, -0.2) is 29.1 Å². The average molecular weight is 132 g/mol. The van der Waals surface area contributed by atoms with Gasteiger partial charge in [-0.05, 0) is 13.8 Å². The van der Waals surface area contributed by atoms with Crippen LogP contribution in [-0.2, 0) is 4.84 Å². The van der Waals surface area contributed by atoms with Crippen molar-refractivity contribution in [3.63, 3.8) is 0 Å². The van der Waals surface area contributed by atoms with Crippen LogP contribution in [0.1, 0.15) is 13.8 Å². The quantitative estimate of drug-likeness (QED) is 0.503. The molecule has 4 nitrogen and oxygen atoms in total. The first kappa shape index (κ1) is 6.95. The molecule has 1 aliphatic rings. The van der Waals surface area contributed by atoms with Crippen LogP contribution in [0.4, 0.5) is 0 Å². The van der Waals surface area contributed by atoms with Gasteiger partial charge in [0.05, 0.1) is 0 Å². The lowest BCUT2D eigenvalue weighted by Gasteiger charge is -2.20. The normalized spacial score (nSPS) is 30.0. The first-order valence-corrected chi connectivity index (χ1v) is 3.03. The molecule has 0 bridgehead atoms. The topological polar surface area (TPSA) is 44.7 Å². The van der Waals surface area contributed by atoms with E-state index in [1.165, 1.54) is 0 Å². The average Bonchev–Trinajstić information content (AvgIpc) is 2.13. The molecule has 0 radical (unpaired) electrons. The lowest BCUT2D eigenvalue weighted by Crippen LogP contribution is -2.39. The Balaban J connectivity index is 2.40. The van der Waals surface area contributed by atoms with Crippen molar-refractivity contribution in [2.45, 2.75) is 26.2 Å². The summed E-state index contributed by atoms with van der Waals surface area (Å²) in [5.41, 5.74) is 2.43. The second kappa shape index (κ2) is 2.62. The molecule has 1 fully saturated rings. The molecule has 2 N–H and O–H groups in total. The Labute approximate surface area is 54.4 Å². The lowest BCUT2D eigenvalue weighted by atomic mass is 10.4. The van der Waals surface area contributed by atoms with E-state index in [1.807, 2.05) is 13.8 Å². The number of aliphatic hydroxyl groups is 1. The molecule has 0 aromatic carbocycles. The fourth-order valence-corrected chi connectivity index (χ4v) is 0.756. The number of hydroxylamine groups is 1. The van der Waals surface area contributed by atoms with Crippen LogP contribution in [0.3, 0.4) is 0 Å². The van der Waals surface area contributed by atoms with Gasteiger partial charge in [0.1, 0.15) is 6.73 Å². The van der Waals surface area contributed by atoms with Gasteiger partial charge in [-0.3, -0.25) is 4.84 Å². The Morgan fingerprint density at radius 3 is 2.67 bits per heavy atom. The number of aliphatic hydroxyl groups excluding tert-OH is 1. The van der Waals surface area contributed by atoms with E-state index >= 15 is 0 Å². The first-order valence-electron chi connectivity index (χ1n) is 3.03. The number of nitrogens with one attached hydrogen (secondary N) is 1. The predicted molar refractivity (Wildman–Crippen MR) is 32.1 cm³/mol. The zero-order valence-electron chi connectivity index (χ0n) is 5.66. The third-order valence-electron chi connectivity index (χ3n) is 1.38. The minimum atomic E-state index is -0.634. The van der Waals surface area contributed by atoms with Crippen LogP contribution >= 0.6 is 0 Å². The predicted octanol–water partition coefficient (Wildman–Crippen LogP) is -0.535. The van der Waals surface area contributed by atoms with Crippen LogP contribution in [0.5, 0.6) is 0 Å². The highest BCUT2D eigenvalue weighted by molar-refractivity contribution is 4.61. The van der Waals surface area contributed by atoms with Gasteiger partial charge in [-0.25, -0.2) is 4.90 Å². The molecule has 54 valence electrons. The summed E-state index contributed by atoms with van der Waals surface area (Å²) in [5.74, 6) is 0. The minimum absolute atomic E-state index is 0.315. The molecule has 0 spiro atoms. The van der Waals surface area contributed by atoms with E-state index in [4.69, 9.17) is 9.94 Å². The van der Waals surface area contributed by atoms with Gasteiger partial charge in [0, 0.05) is 6.04 Å². The van der Waals surface area contributed by atoms with Crippen LogP contribution in [0, 0.1) is 0 Å². The number of rotatable bonds is 1. The van der Waals surface area contributed by atoms with Crippen LogP contribution in [0.25, 0.3) is 0 Å². The summed E-state index contributed by atoms with van der Waals surface area (Å²) in [6.45, 7) is 4.46. The Bertz CT molecular complexity index is 97.0. The number of hydrogen-bond acceptors (Lipinski definition) is 4. The van der Waals surface area contributed by atoms with E-state index in [-0.39, 0.29) is 0 Å². The second-order valence-corrected chi connectivity index (χ2v) is 2.37. The van der Waals surface area contributed by atoms with Crippen molar-refractivity contribution in [1.82, 2.24) is 10.4 Å². The van der Waals surface area contributed by atoms with Gasteiger partial charge in [0.25, 0.3) is 0 Å². The molecule has 0 aromatic heterocycles. The minimum Gasteiger partial charge on any atom is -0.364 e. The van der Waals surface area contributed by atoms with E-state index in [2.05, 4.69) is 5.48 Å². The largest absolute Gasteiger partial charge is 0.364 e. The van der Waals surface area contributed by atoms with Gasteiger partial charge in [-0.1, -0.05) is 0 Å². The van der Waals surface area contributed by atoms with E-state index in [1.54, 1.807) is 4.90 Å². The standard InChI is InChI=1S/C5H12N2O2/c1-4(2)7-3-9-6-5(7)8/h4-6,8H,3H2,1-2H3. The molecule has 1 saturated heterocycles. The molecule has 0 amide bonds. The van der Waals surface area contributed by atoms with E-state index < -0.39 is 6.35 Å². The van der Waals surface area contributed by atoms with Gasteiger partial charge in [-0.15, -0.1) is 0 Å². The molecule has 1 aliphatic heterocycles. The van der Waals surface area contributed by atoms with Crippen molar-refractivity contribution in [2.75, 3.05) is 6.73 Å². The number of hydrogen-bond donors (Lipinski definition) is 2. The summed E-state index contributed by atoms with van der Waals surface area (Å²) in [7, 11) is 0. The molecule has 1 heterocycles. The highest BCUT2D eigenvalue weighted by atomic mass is 16.7. The molecule has 0 saturated carbocycles. The Hall–Kier alpha value is -0.160. The van der Waals surface area contributed by atoms with Crippen molar-refractivity contribution in [3.05, 3.63) is 0 Å². The van der Waals surface area contributed by atoms with Crippen molar-refractivity contribution in [2.24, 2.45) is 0 Å². The van der Waals surface area contributed by atoms with Crippen LogP contribution in [0.2, 0.25) is 0 Å². The third kappa shape index (κ3) is 1.40. The number of nitrogens with zero attached hydrogens (tertiary/aromatic N) is 1. The SMILES string of the molecule is CC(C)N1CONC1O. The fraction of sp³-hybridized carbons (Fsp3) is 1.00. The first-order chi connectivity index (χ1) is 4.22. The molecule has 1 atom stereocenters. The highest BCUT2D eigenvalue weighted by Crippen LogP contribution is 2.05. The molecular formula is C5H12N2O2. The molecule has 9 heavy (non-hydrogen) atoms. The maximum absolute atomic E-state index is 9.05. The summed E-state index contributed by atoms with van der Waals surface area (Å²) >= 11 is 0. The fourth-order valence-electron chi connectivity index (χ4n) is 0.756. The Kier molecular flexibility index (Phi) is 2.02. The van der Waals surface area contributed by atoms with E-state index in [0.717, 1.165) is 0 Å². The molecular weight excluding hydrogens is 120 g/mol. The van der Waals surface area contributed by atoms with Gasteiger partial charge >= 0.3 is 0 Å². The molecule has 1 unspecified atom stereocenters. The Morgan fingerprint density at radius 2 is 2.44 bits per heavy atom. The van der Waals surface area contributed by atoms with E-state index in [9.17, 15) is 0 Å².